The summed E-state index contributed by atoms with van der Waals surface area (Å²) in [7, 11) is 0. The topological polar surface area (TPSA) is 76.3 Å². The highest BCUT2D eigenvalue weighted by Crippen LogP contribution is 2.37. The summed E-state index contributed by atoms with van der Waals surface area (Å²) in [5, 5.41) is 0.672. The molecule has 5 nitrogen and oxygen atoms in total. The van der Waals surface area contributed by atoms with Crippen molar-refractivity contribution in [1.29, 1.82) is 0 Å². The molecule has 1 aliphatic rings. The van der Waals surface area contributed by atoms with Gasteiger partial charge in [-0.1, -0.05) is 17.7 Å². The Morgan fingerprint density at radius 3 is 2.88 bits per heavy atom. The van der Waals surface area contributed by atoms with Crippen LogP contribution in [0.3, 0.4) is 0 Å². The van der Waals surface area contributed by atoms with Crippen LogP contribution in [0.15, 0.2) is 36.5 Å². The first-order valence-corrected chi connectivity index (χ1v) is 8.14. The molecule has 0 spiro atoms. The average Bonchev–Trinajstić information content (AvgIpc) is 2.95. The smallest absolute Gasteiger partial charge is 0.256 e. The van der Waals surface area contributed by atoms with Crippen molar-refractivity contribution < 1.29 is 9.59 Å². The summed E-state index contributed by atoms with van der Waals surface area (Å²) in [5.74, 6) is -0.764. The van der Waals surface area contributed by atoms with Crippen LogP contribution < -0.4 is 5.73 Å². The second-order valence-corrected chi connectivity index (χ2v) is 6.37. The minimum absolute atomic E-state index is 0.125. The standard InChI is InChI=1S/C18H18ClN3O2/c1-11-14(3-2-8-21-11)18(24)22(10-17(20)23)16-7-4-12-9-13(19)5-6-15(12)16/h2-3,5-6,8-9,16H,4,7,10H2,1H3,(H2,20,23). The molecule has 1 aromatic heterocycles. The minimum Gasteiger partial charge on any atom is -0.368 e. The van der Waals surface area contributed by atoms with Gasteiger partial charge < -0.3 is 10.6 Å². The van der Waals surface area contributed by atoms with Gasteiger partial charge in [-0.2, -0.15) is 0 Å². The lowest BCUT2D eigenvalue weighted by Gasteiger charge is -2.29. The predicted molar refractivity (Wildman–Crippen MR) is 91.7 cm³/mol. The van der Waals surface area contributed by atoms with E-state index >= 15 is 0 Å². The molecule has 6 heteroatoms. The molecule has 0 saturated carbocycles. The number of pyridine rings is 1. The highest BCUT2D eigenvalue weighted by molar-refractivity contribution is 6.30. The Hall–Kier alpha value is -2.40. The second kappa shape index (κ2) is 6.61. The third-order valence-corrected chi connectivity index (χ3v) is 4.59. The summed E-state index contributed by atoms with van der Waals surface area (Å²) >= 11 is 6.05. The summed E-state index contributed by atoms with van der Waals surface area (Å²) in [4.78, 5) is 30.3. The highest BCUT2D eigenvalue weighted by Gasteiger charge is 2.33. The van der Waals surface area contributed by atoms with Crippen molar-refractivity contribution in [3.63, 3.8) is 0 Å². The number of primary amides is 1. The Kier molecular flexibility index (Phi) is 4.53. The summed E-state index contributed by atoms with van der Waals surface area (Å²) in [5.41, 5.74) is 8.64. The van der Waals surface area contributed by atoms with E-state index in [-0.39, 0.29) is 18.5 Å². The van der Waals surface area contributed by atoms with E-state index in [4.69, 9.17) is 17.3 Å². The first-order valence-electron chi connectivity index (χ1n) is 7.76. The van der Waals surface area contributed by atoms with Crippen molar-refractivity contribution in [2.45, 2.75) is 25.8 Å². The molecule has 1 atom stereocenters. The molecule has 24 heavy (non-hydrogen) atoms. The fourth-order valence-electron chi connectivity index (χ4n) is 3.24. The zero-order valence-electron chi connectivity index (χ0n) is 13.3. The van der Waals surface area contributed by atoms with Gasteiger partial charge in [-0.15, -0.1) is 0 Å². The van der Waals surface area contributed by atoms with Crippen molar-refractivity contribution in [2.24, 2.45) is 5.73 Å². The van der Waals surface area contributed by atoms with Crippen molar-refractivity contribution in [1.82, 2.24) is 9.88 Å². The van der Waals surface area contributed by atoms with Crippen molar-refractivity contribution in [3.8, 4) is 0 Å². The van der Waals surface area contributed by atoms with Gasteiger partial charge in [0.2, 0.25) is 5.91 Å². The molecule has 1 heterocycles. The molecule has 2 amide bonds. The second-order valence-electron chi connectivity index (χ2n) is 5.93. The molecule has 2 aromatic rings. The molecule has 1 aliphatic carbocycles. The third kappa shape index (κ3) is 3.12. The zero-order valence-corrected chi connectivity index (χ0v) is 14.1. The van der Waals surface area contributed by atoms with E-state index in [1.54, 1.807) is 36.2 Å². The monoisotopic (exact) mass is 343 g/mol. The number of hydrogen-bond acceptors (Lipinski definition) is 3. The van der Waals surface area contributed by atoms with Gasteiger partial charge in [-0.05, 0) is 55.2 Å². The van der Waals surface area contributed by atoms with Crippen molar-refractivity contribution in [3.05, 3.63) is 63.9 Å². The van der Waals surface area contributed by atoms with Gasteiger partial charge >= 0.3 is 0 Å². The van der Waals surface area contributed by atoms with Crippen molar-refractivity contribution in [2.75, 3.05) is 6.54 Å². The number of fused-ring (bicyclic) bond motifs is 1. The normalized spacial score (nSPS) is 15.8. The molecule has 2 N–H and O–H groups in total. The predicted octanol–water partition coefficient (Wildman–Crippen LogP) is 2.66. The third-order valence-electron chi connectivity index (χ3n) is 4.35. The van der Waals surface area contributed by atoms with Gasteiger partial charge in [0.1, 0.15) is 6.54 Å². The van der Waals surface area contributed by atoms with E-state index in [9.17, 15) is 9.59 Å². The van der Waals surface area contributed by atoms with E-state index in [0.717, 1.165) is 24.0 Å². The van der Waals surface area contributed by atoms with Crippen LogP contribution in [0.4, 0.5) is 0 Å². The number of nitrogens with two attached hydrogens (primary N) is 1. The summed E-state index contributed by atoms with van der Waals surface area (Å²) in [6, 6.07) is 8.89. The number of hydrogen-bond donors (Lipinski definition) is 1. The molecule has 0 aliphatic heterocycles. The summed E-state index contributed by atoms with van der Waals surface area (Å²) in [6.07, 6.45) is 3.19. The van der Waals surface area contributed by atoms with Crippen LogP contribution in [-0.4, -0.2) is 28.2 Å². The quantitative estimate of drug-likeness (QED) is 0.927. The Bertz CT molecular complexity index is 807. The molecule has 1 unspecified atom stereocenters. The number of carbonyl (C=O) groups is 2. The van der Waals surface area contributed by atoms with Crippen LogP contribution in [0, 0.1) is 6.92 Å². The first kappa shape index (κ1) is 16.5. The lowest BCUT2D eigenvalue weighted by atomic mass is 10.0. The maximum Gasteiger partial charge on any atom is 0.256 e. The molecule has 0 saturated heterocycles. The molecule has 0 fully saturated rings. The van der Waals surface area contributed by atoms with E-state index in [0.29, 0.717) is 16.3 Å². The zero-order chi connectivity index (χ0) is 17.3. The average molecular weight is 344 g/mol. The summed E-state index contributed by atoms with van der Waals surface area (Å²) < 4.78 is 0. The molecule has 1 aromatic carbocycles. The number of nitrogens with zero attached hydrogens (tertiary/aromatic N) is 2. The van der Waals surface area contributed by atoms with E-state index in [2.05, 4.69) is 4.98 Å². The molecule has 0 radical (unpaired) electrons. The molecular weight excluding hydrogens is 326 g/mol. The van der Waals surface area contributed by atoms with Crippen LogP contribution in [0.5, 0.6) is 0 Å². The number of carbonyl (C=O) groups excluding carboxylic acids is 2. The number of halogens is 1. The van der Waals surface area contributed by atoms with E-state index in [1.165, 1.54) is 0 Å². The molecule has 124 valence electrons. The van der Waals surface area contributed by atoms with Crippen LogP contribution in [0.2, 0.25) is 5.02 Å². The fraction of sp³-hybridized carbons (Fsp3) is 0.278. The number of rotatable bonds is 4. The SMILES string of the molecule is Cc1ncccc1C(=O)N(CC(N)=O)C1CCc2cc(Cl)ccc21. The maximum absolute atomic E-state index is 13.0. The lowest BCUT2D eigenvalue weighted by Crippen LogP contribution is -2.40. The Morgan fingerprint density at radius 2 is 2.17 bits per heavy atom. The minimum atomic E-state index is -0.535. The largest absolute Gasteiger partial charge is 0.368 e. The number of aryl methyl sites for hydroxylation is 2. The number of benzene rings is 1. The molecule has 0 bridgehead atoms. The van der Waals surface area contributed by atoms with Gasteiger partial charge in [0.25, 0.3) is 5.91 Å². The highest BCUT2D eigenvalue weighted by atomic mass is 35.5. The molecular formula is C18H18ClN3O2. The van der Waals surface area contributed by atoms with Gasteiger partial charge in [0, 0.05) is 16.9 Å². The van der Waals surface area contributed by atoms with Crippen molar-refractivity contribution >= 4 is 23.4 Å². The maximum atomic E-state index is 13.0. The lowest BCUT2D eigenvalue weighted by molar-refractivity contribution is -0.119. The fourth-order valence-corrected chi connectivity index (χ4v) is 3.44. The Morgan fingerprint density at radius 1 is 1.38 bits per heavy atom. The Labute approximate surface area is 145 Å². The van der Waals surface area contributed by atoms with Crippen LogP contribution in [-0.2, 0) is 11.2 Å². The van der Waals surface area contributed by atoms with Crippen LogP contribution in [0.1, 0.15) is 39.6 Å². The number of amides is 2. The summed E-state index contributed by atoms with van der Waals surface area (Å²) in [6.45, 7) is 1.65. The molecule has 3 rings (SSSR count). The Balaban J connectivity index is 1.98. The van der Waals surface area contributed by atoms with Gasteiger partial charge in [-0.25, -0.2) is 0 Å². The van der Waals surface area contributed by atoms with E-state index in [1.807, 2.05) is 12.1 Å². The number of aromatic nitrogens is 1. The van der Waals surface area contributed by atoms with E-state index < -0.39 is 5.91 Å². The van der Waals surface area contributed by atoms with Gasteiger partial charge in [0.15, 0.2) is 0 Å². The van der Waals surface area contributed by atoms with Gasteiger partial charge in [0.05, 0.1) is 11.6 Å². The first-order chi connectivity index (χ1) is 11.5. The van der Waals surface area contributed by atoms with Crippen LogP contribution in [0.25, 0.3) is 0 Å². The van der Waals surface area contributed by atoms with Crippen LogP contribution >= 0.6 is 11.6 Å². The van der Waals surface area contributed by atoms with Gasteiger partial charge in [-0.3, -0.25) is 14.6 Å².